The Morgan fingerprint density at radius 2 is 2.23 bits per heavy atom. The molecule has 0 fully saturated rings. The lowest BCUT2D eigenvalue weighted by Crippen LogP contribution is -2.29. The Balaban J connectivity index is 3.15. The first kappa shape index (κ1) is 18.3. The molecule has 0 heterocycles. The Kier molecular flexibility index (Phi) is 7.75. The number of nitrogens with one attached hydrogen (secondary N) is 1. The van der Waals surface area contributed by atoms with Gasteiger partial charge in [-0.15, -0.1) is 9.24 Å². The maximum absolute atomic E-state index is 14.4. The molecule has 1 N–H and O–H groups in total. The predicted molar refractivity (Wildman–Crippen MR) is 88.5 cm³/mol. The number of amides is 1. The van der Waals surface area contributed by atoms with E-state index in [4.69, 9.17) is 4.74 Å². The van der Waals surface area contributed by atoms with Crippen LogP contribution in [0.15, 0.2) is 18.4 Å². The average molecular weight is 325 g/mol. The summed E-state index contributed by atoms with van der Waals surface area (Å²) in [4.78, 5) is 22.6. The lowest BCUT2D eigenvalue weighted by molar-refractivity contribution is -0.122. The van der Waals surface area contributed by atoms with Gasteiger partial charge in [0, 0.05) is 19.0 Å². The van der Waals surface area contributed by atoms with Crippen LogP contribution < -0.4 is 10.6 Å². The predicted octanol–water partition coefficient (Wildman–Crippen LogP) is 2.14. The molecule has 1 rings (SSSR count). The van der Waals surface area contributed by atoms with Gasteiger partial charge in [-0.25, -0.2) is 4.39 Å². The van der Waals surface area contributed by atoms with Crippen LogP contribution in [0.2, 0.25) is 0 Å². The molecule has 1 aromatic carbocycles. The number of likely N-dealkylation sites (N-methyl/N-ethyl adjacent to an activating group) is 1. The van der Waals surface area contributed by atoms with E-state index < -0.39 is 11.7 Å². The molecule has 0 saturated carbocycles. The third-order valence-corrected chi connectivity index (χ3v) is 3.67. The highest BCUT2D eigenvalue weighted by molar-refractivity contribution is 7.27. The fourth-order valence-corrected chi connectivity index (χ4v) is 2.69. The van der Waals surface area contributed by atoms with Gasteiger partial charge in [-0.3, -0.25) is 4.79 Å². The van der Waals surface area contributed by atoms with Crippen LogP contribution in [0.5, 0.6) is 0 Å². The monoisotopic (exact) mass is 325 g/mol. The zero-order chi connectivity index (χ0) is 16.5. The van der Waals surface area contributed by atoms with E-state index in [9.17, 15) is 14.0 Å². The van der Waals surface area contributed by atoms with Crippen molar-refractivity contribution in [3.05, 3.63) is 35.3 Å². The SMILES string of the molecule is CCO/C=C/c1cc(F)c(C(CCC=O)C(=O)NC)c(P)c1. The van der Waals surface area contributed by atoms with Gasteiger partial charge >= 0.3 is 0 Å². The maximum Gasteiger partial charge on any atom is 0.227 e. The lowest BCUT2D eigenvalue weighted by atomic mass is 9.92. The number of carbonyl (C=O) groups excluding carboxylic acids is 2. The molecule has 1 aromatic rings. The fourth-order valence-electron chi connectivity index (χ4n) is 2.16. The highest BCUT2D eigenvalue weighted by Crippen LogP contribution is 2.25. The lowest BCUT2D eigenvalue weighted by Gasteiger charge is -2.18. The summed E-state index contributed by atoms with van der Waals surface area (Å²) in [6.07, 6.45) is 4.37. The normalized spacial score (nSPS) is 12.2. The molecule has 1 amide bonds. The van der Waals surface area contributed by atoms with Crippen LogP contribution >= 0.6 is 9.24 Å². The summed E-state index contributed by atoms with van der Waals surface area (Å²) in [6, 6.07) is 3.12. The molecule has 2 atom stereocenters. The maximum atomic E-state index is 14.4. The number of hydrogen-bond donors (Lipinski definition) is 1. The molecule has 0 aromatic heterocycles. The molecule has 0 aliphatic rings. The Morgan fingerprint density at radius 3 is 2.77 bits per heavy atom. The van der Waals surface area contributed by atoms with Crippen molar-refractivity contribution in [1.82, 2.24) is 5.32 Å². The van der Waals surface area contributed by atoms with Crippen LogP contribution in [0.1, 0.15) is 36.8 Å². The second kappa shape index (κ2) is 9.31. The van der Waals surface area contributed by atoms with Crippen molar-refractivity contribution in [3.63, 3.8) is 0 Å². The number of hydrogen-bond acceptors (Lipinski definition) is 3. The zero-order valence-corrected chi connectivity index (χ0v) is 13.9. The molecule has 0 saturated heterocycles. The number of carbonyl (C=O) groups is 2. The fraction of sp³-hybridized carbons (Fsp3) is 0.375. The summed E-state index contributed by atoms with van der Waals surface area (Å²) in [5.74, 6) is -1.46. The minimum Gasteiger partial charge on any atom is -0.501 e. The van der Waals surface area contributed by atoms with Crippen LogP contribution in [0.4, 0.5) is 4.39 Å². The van der Waals surface area contributed by atoms with Crippen LogP contribution in [0.25, 0.3) is 6.08 Å². The molecule has 2 unspecified atom stereocenters. The first-order valence-corrected chi connectivity index (χ1v) is 7.65. The van der Waals surface area contributed by atoms with E-state index in [2.05, 4.69) is 14.6 Å². The van der Waals surface area contributed by atoms with Crippen molar-refractivity contribution in [2.45, 2.75) is 25.7 Å². The Hall–Kier alpha value is -1.74. The summed E-state index contributed by atoms with van der Waals surface area (Å²) >= 11 is 0. The highest BCUT2D eigenvalue weighted by atomic mass is 31.0. The van der Waals surface area contributed by atoms with Crippen LogP contribution in [-0.2, 0) is 14.3 Å². The average Bonchev–Trinajstić information content (AvgIpc) is 2.49. The van der Waals surface area contributed by atoms with Crippen LogP contribution in [-0.4, -0.2) is 25.8 Å². The first-order valence-electron chi connectivity index (χ1n) is 7.07. The van der Waals surface area contributed by atoms with Crippen LogP contribution in [0, 0.1) is 5.82 Å². The van der Waals surface area contributed by atoms with Gasteiger partial charge in [0.25, 0.3) is 0 Å². The molecule has 4 nitrogen and oxygen atoms in total. The summed E-state index contributed by atoms with van der Waals surface area (Å²) in [5.41, 5.74) is 0.950. The molecule has 0 spiro atoms. The van der Waals surface area contributed by atoms with Crippen molar-refractivity contribution < 1.29 is 18.7 Å². The third kappa shape index (κ3) is 4.92. The largest absolute Gasteiger partial charge is 0.501 e. The van der Waals surface area contributed by atoms with Gasteiger partial charge in [-0.05, 0) is 42.4 Å². The van der Waals surface area contributed by atoms with Crippen molar-refractivity contribution in [2.24, 2.45) is 0 Å². The topological polar surface area (TPSA) is 55.4 Å². The number of aldehydes is 1. The number of rotatable bonds is 8. The van der Waals surface area contributed by atoms with Gasteiger partial charge in [-0.2, -0.15) is 0 Å². The second-order valence-electron chi connectivity index (χ2n) is 4.67. The Bertz CT molecular complexity index is 537. The Morgan fingerprint density at radius 1 is 1.50 bits per heavy atom. The number of halogens is 1. The molecule has 120 valence electrons. The zero-order valence-electron chi connectivity index (χ0n) is 12.8. The number of ether oxygens (including phenoxy) is 1. The van der Waals surface area contributed by atoms with E-state index in [1.165, 1.54) is 19.4 Å². The second-order valence-corrected chi connectivity index (χ2v) is 5.30. The molecule has 0 radical (unpaired) electrons. The molecular formula is C16H21FNO3P. The van der Waals surface area contributed by atoms with E-state index in [0.29, 0.717) is 23.0 Å². The van der Waals surface area contributed by atoms with E-state index in [1.54, 1.807) is 12.1 Å². The highest BCUT2D eigenvalue weighted by Gasteiger charge is 2.24. The summed E-state index contributed by atoms with van der Waals surface area (Å²) < 4.78 is 19.5. The van der Waals surface area contributed by atoms with E-state index >= 15 is 0 Å². The van der Waals surface area contributed by atoms with Crippen LogP contribution in [0.3, 0.4) is 0 Å². The third-order valence-electron chi connectivity index (χ3n) is 3.19. The quantitative estimate of drug-likeness (QED) is 0.453. The van der Waals surface area contributed by atoms with Gasteiger partial charge in [0.2, 0.25) is 5.91 Å². The van der Waals surface area contributed by atoms with Crippen molar-refractivity contribution in [1.29, 1.82) is 0 Å². The minimum absolute atomic E-state index is 0.202. The standard InChI is InChI=1S/C16H21FNO3P/c1-3-21-8-6-11-9-13(17)15(14(22)10-11)12(5-4-7-19)16(20)18-2/h6-10,12H,3-5,22H2,1-2H3,(H,18,20)/b8-6+. The molecular weight excluding hydrogens is 304 g/mol. The molecule has 22 heavy (non-hydrogen) atoms. The van der Waals surface area contributed by atoms with Gasteiger partial charge in [0.05, 0.1) is 18.8 Å². The summed E-state index contributed by atoms with van der Waals surface area (Å²) in [6.45, 7) is 2.39. The smallest absolute Gasteiger partial charge is 0.227 e. The van der Waals surface area contributed by atoms with Gasteiger partial charge in [-0.1, -0.05) is 0 Å². The van der Waals surface area contributed by atoms with E-state index in [-0.39, 0.29) is 18.7 Å². The molecule has 0 aliphatic carbocycles. The molecule has 0 bridgehead atoms. The number of benzene rings is 1. The van der Waals surface area contributed by atoms with Gasteiger partial charge < -0.3 is 14.8 Å². The van der Waals surface area contributed by atoms with Crippen molar-refractivity contribution in [3.8, 4) is 0 Å². The first-order chi connectivity index (χ1) is 10.5. The van der Waals surface area contributed by atoms with Crippen molar-refractivity contribution in [2.75, 3.05) is 13.7 Å². The summed E-state index contributed by atoms with van der Waals surface area (Å²) in [7, 11) is 3.94. The van der Waals surface area contributed by atoms with Gasteiger partial charge in [0.15, 0.2) is 0 Å². The van der Waals surface area contributed by atoms with E-state index in [0.717, 1.165) is 6.29 Å². The Labute approximate surface area is 132 Å². The molecule has 6 heteroatoms. The summed E-state index contributed by atoms with van der Waals surface area (Å²) in [5, 5.41) is 3.11. The van der Waals surface area contributed by atoms with E-state index in [1.807, 2.05) is 6.92 Å². The van der Waals surface area contributed by atoms with Gasteiger partial charge in [0.1, 0.15) is 12.1 Å². The minimum atomic E-state index is -0.687. The molecule has 0 aliphatic heterocycles. The van der Waals surface area contributed by atoms with Crippen molar-refractivity contribution >= 4 is 32.8 Å².